The topological polar surface area (TPSA) is 107 Å². The number of amides is 1. The summed E-state index contributed by atoms with van der Waals surface area (Å²) in [5, 5.41) is 3.96. The molecule has 0 atom stereocenters. The number of benzene rings is 2. The van der Waals surface area contributed by atoms with E-state index < -0.39 is 20.0 Å². The molecule has 33 heavy (non-hydrogen) atoms. The molecule has 0 spiro atoms. The van der Waals surface area contributed by atoms with Crippen molar-refractivity contribution in [3.8, 4) is 0 Å². The molecule has 0 unspecified atom stereocenters. The second-order valence-electron chi connectivity index (χ2n) is 7.79. The molecule has 2 aromatic rings. The summed E-state index contributed by atoms with van der Waals surface area (Å²) in [5.74, 6) is -0.251. The number of nitrogens with zero attached hydrogens (tertiary/aromatic N) is 3. The summed E-state index contributed by atoms with van der Waals surface area (Å²) in [5.41, 5.74) is 1.30. The largest absolute Gasteiger partial charge is 0.325 e. The van der Waals surface area contributed by atoms with Crippen LogP contribution < -0.4 is 5.32 Å². The summed E-state index contributed by atoms with van der Waals surface area (Å²) < 4.78 is 51.9. The van der Waals surface area contributed by atoms with Crippen molar-refractivity contribution in [2.75, 3.05) is 52.1 Å². The van der Waals surface area contributed by atoms with Gasteiger partial charge in [0.1, 0.15) is 0 Å². The van der Waals surface area contributed by atoms with E-state index in [9.17, 15) is 21.6 Å². The number of hydrogen-bond donors (Lipinski definition) is 1. The van der Waals surface area contributed by atoms with Crippen molar-refractivity contribution < 1.29 is 21.6 Å². The van der Waals surface area contributed by atoms with Crippen LogP contribution in [0.4, 0.5) is 5.69 Å². The maximum absolute atomic E-state index is 12.6. The summed E-state index contributed by atoms with van der Waals surface area (Å²) in [7, 11) is -4.15. The molecule has 1 amide bonds. The lowest BCUT2D eigenvalue weighted by atomic mass is 10.2. The molecule has 0 saturated carbocycles. The Bertz CT molecular complexity index is 1190. The molecular weight excluding hydrogens is 464 g/mol. The molecule has 1 saturated heterocycles. The second-order valence-corrected chi connectivity index (χ2v) is 11.8. The van der Waals surface area contributed by atoms with Crippen LogP contribution in [0.1, 0.15) is 5.56 Å². The van der Waals surface area contributed by atoms with Gasteiger partial charge in [0, 0.05) is 51.4 Å². The third-order valence-corrected chi connectivity index (χ3v) is 8.60. The SMILES string of the molecule is CN(C)S(=O)(=O)c1ccc(NC(=O)CN2CCN(S(=O)(=O)/C=C/c3ccccc3)CC2)cc1. The number of piperazine rings is 1. The van der Waals surface area contributed by atoms with E-state index in [0.29, 0.717) is 31.9 Å². The van der Waals surface area contributed by atoms with Gasteiger partial charge in [0.25, 0.3) is 0 Å². The number of carbonyl (C=O) groups excluding carboxylic acids is 1. The van der Waals surface area contributed by atoms with Crippen molar-refractivity contribution in [3.63, 3.8) is 0 Å². The van der Waals surface area contributed by atoms with Gasteiger partial charge in [0.15, 0.2) is 0 Å². The third kappa shape index (κ3) is 6.71. The van der Waals surface area contributed by atoms with Crippen molar-refractivity contribution in [2.24, 2.45) is 0 Å². The highest BCUT2D eigenvalue weighted by molar-refractivity contribution is 7.92. The molecule has 9 nitrogen and oxygen atoms in total. The first kappa shape index (κ1) is 25.1. The molecule has 0 radical (unpaired) electrons. The normalized spacial score (nSPS) is 16.3. The van der Waals surface area contributed by atoms with E-state index in [2.05, 4.69) is 5.32 Å². The quantitative estimate of drug-likeness (QED) is 0.598. The Balaban J connectivity index is 1.49. The van der Waals surface area contributed by atoms with Crippen LogP contribution in [-0.4, -0.2) is 83.1 Å². The highest BCUT2D eigenvalue weighted by Crippen LogP contribution is 2.17. The molecule has 1 N–H and O–H groups in total. The van der Waals surface area contributed by atoms with Gasteiger partial charge in [-0.1, -0.05) is 30.3 Å². The fourth-order valence-electron chi connectivity index (χ4n) is 3.28. The van der Waals surface area contributed by atoms with Gasteiger partial charge in [0.2, 0.25) is 26.0 Å². The minimum atomic E-state index is -3.53. The van der Waals surface area contributed by atoms with E-state index in [1.165, 1.54) is 48.1 Å². The van der Waals surface area contributed by atoms with Crippen LogP contribution in [0.3, 0.4) is 0 Å². The van der Waals surface area contributed by atoms with E-state index >= 15 is 0 Å². The summed E-state index contributed by atoms with van der Waals surface area (Å²) in [6.07, 6.45) is 1.57. The highest BCUT2D eigenvalue weighted by atomic mass is 32.2. The van der Waals surface area contributed by atoms with Crippen LogP contribution >= 0.6 is 0 Å². The maximum Gasteiger partial charge on any atom is 0.242 e. The Labute approximate surface area is 195 Å². The predicted octanol–water partition coefficient (Wildman–Crippen LogP) is 1.49. The number of nitrogens with one attached hydrogen (secondary N) is 1. The first-order valence-corrected chi connectivity index (χ1v) is 13.3. The molecule has 0 bridgehead atoms. The van der Waals surface area contributed by atoms with E-state index in [-0.39, 0.29) is 17.3 Å². The van der Waals surface area contributed by atoms with Gasteiger partial charge in [-0.3, -0.25) is 9.69 Å². The van der Waals surface area contributed by atoms with Crippen LogP contribution in [0, 0.1) is 0 Å². The summed E-state index contributed by atoms with van der Waals surface area (Å²) in [6, 6.07) is 15.2. The molecule has 178 valence electrons. The van der Waals surface area contributed by atoms with Gasteiger partial charge < -0.3 is 5.32 Å². The molecule has 1 aliphatic rings. The van der Waals surface area contributed by atoms with Crippen molar-refractivity contribution >= 4 is 37.7 Å². The van der Waals surface area contributed by atoms with Gasteiger partial charge in [-0.15, -0.1) is 0 Å². The number of rotatable bonds is 8. The minimum Gasteiger partial charge on any atom is -0.325 e. The van der Waals surface area contributed by atoms with Crippen LogP contribution in [-0.2, 0) is 24.8 Å². The van der Waals surface area contributed by atoms with E-state index in [0.717, 1.165) is 9.87 Å². The lowest BCUT2D eigenvalue weighted by Crippen LogP contribution is -2.49. The third-order valence-electron chi connectivity index (χ3n) is 5.21. The van der Waals surface area contributed by atoms with Gasteiger partial charge in [0.05, 0.1) is 11.4 Å². The molecule has 1 aliphatic heterocycles. The van der Waals surface area contributed by atoms with E-state index in [1.807, 2.05) is 35.2 Å². The molecule has 0 aliphatic carbocycles. The lowest BCUT2D eigenvalue weighted by molar-refractivity contribution is -0.117. The molecule has 3 rings (SSSR count). The average molecular weight is 493 g/mol. The van der Waals surface area contributed by atoms with Crippen LogP contribution in [0.25, 0.3) is 6.08 Å². The Morgan fingerprint density at radius 1 is 0.939 bits per heavy atom. The number of hydrogen-bond acceptors (Lipinski definition) is 6. The standard InChI is InChI=1S/C22H28N4O5S2/c1-24(2)33(30,31)21-10-8-20(9-11-21)23-22(27)18-25-13-15-26(16-14-25)32(28,29)17-12-19-6-4-3-5-7-19/h3-12,17H,13-16,18H2,1-2H3,(H,23,27)/b17-12+. The first-order valence-electron chi connectivity index (χ1n) is 10.4. The fourth-order valence-corrected chi connectivity index (χ4v) is 5.36. The van der Waals surface area contributed by atoms with Crippen LogP contribution in [0.2, 0.25) is 0 Å². The zero-order valence-corrected chi connectivity index (χ0v) is 20.2. The molecule has 1 heterocycles. The summed E-state index contributed by atoms with van der Waals surface area (Å²) >= 11 is 0. The summed E-state index contributed by atoms with van der Waals surface area (Å²) in [4.78, 5) is 14.4. The zero-order valence-electron chi connectivity index (χ0n) is 18.6. The van der Waals surface area contributed by atoms with Gasteiger partial charge in [-0.2, -0.15) is 4.31 Å². The molecule has 0 aromatic heterocycles. The lowest BCUT2D eigenvalue weighted by Gasteiger charge is -2.32. The fraction of sp³-hybridized carbons (Fsp3) is 0.318. The van der Waals surface area contributed by atoms with Crippen molar-refractivity contribution in [3.05, 3.63) is 65.6 Å². The first-order chi connectivity index (χ1) is 15.6. The smallest absolute Gasteiger partial charge is 0.242 e. The molecule has 1 fully saturated rings. The van der Waals surface area contributed by atoms with Gasteiger partial charge >= 0.3 is 0 Å². The Morgan fingerprint density at radius 2 is 1.55 bits per heavy atom. The van der Waals surface area contributed by atoms with Gasteiger partial charge in [-0.05, 0) is 35.9 Å². The Morgan fingerprint density at radius 3 is 2.12 bits per heavy atom. The highest BCUT2D eigenvalue weighted by Gasteiger charge is 2.26. The van der Waals surface area contributed by atoms with Crippen molar-refractivity contribution in [1.82, 2.24) is 13.5 Å². The van der Waals surface area contributed by atoms with Crippen LogP contribution in [0.15, 0.2) is 64.9 Å². The van der Waals surface area contributed by atoms with Crippen LogP contribution in [0.5, 0.6) is 0 Å². The monoisotopic (exact) mass is 492 g/mol. The minimum absolute atomic E-state index is 0.117. The second kappa shape index (κ2) is 10.6. The van der Waals surface area contributed by atoms with E-state index in [4.69, 9.17) is 0 Å². The predicted molar refractivity (Wildman–Crippen MR) is 128 cm³/mol. The van der Waals surface area contributed by atoms with E-state index in [1.54, 1.807) is 6.08 Å². The van der Waals surface area contributed by atoms with Crippen molar-refractivity contribution in [2.45, 2.75) is 4.90 Å². The molecule has 11 heteroatoms. The molecule has 2 aromatic carbocycles. The number of sulfonamides is 2. The Kier molecular flexibility index (Phi) is 8.03. The maximum atomic E-state index is 12.6. The Hall–Kier alpha value is -2.57. The number of carbonyl (C=O) groups is 1. The average Bonchev–Trinajstić information content (AvgIpc) is 2.79. The summed E-state index contributed by atoms with van der Waals surface area (Å²) in [6.45, 7) is 1.58. The number of anilines is 1. The molecular formula is C22H28N4O5S2. The van der Waals surface area contributed by atoms with Crippen molar-refractivity contribution in [1.29, 1.82) is 0 Å². The zero-order chi connectivity index (χ0) is 24.1. The van der Waals surface area contributed by atoms with Gasteiger partial charge in [-0.25, -0.2) is 21.1 Å².